The number of likely N-dealkylation sites (tertiary alicyclic amines) is 1. The summed E-state index contributed by atoms with van der Waals surface area (Å²) in [5, 5.41) is 3.09. The topological polar surface area (TPSA) is 41.6 Å². The van der Waals surface area contributed by atoms with Gasteiger partial charge in [0.2, 0.25) is 0 Å². The number of rotatable bonds is 8. The number of carbonyl (C=O) groups excluding carboxylic acids is 1. The van der Waals surface area contributed by atoms with Crippen LogP contribution in [0, 0.1) is 6.92 Å². The number of nitrogens with zero attached hydrogens (tertiary/aromatic N) is 1. The molecule has 1 heterocycles. The number of hydrogen-bond acceptors (Lipinski definition) is 3. The van der Waals surface area contributed by atoms with E-state index in [1.54, 1.807) is 0 Å². The SMILES string of the molecule is Cc1ccc(C(CNC(=O)COc2ccc(C(C)C)cc2)N2CCCCC2)cc1. The van der Waals surface area contributed by atoms with Crippen molar-refractivity contribution in [2.75, 3.05) is 26.2 Å². The molecule has 1 unspecified atom stereocenters. The maximum Gasteiger partial charge on any atom is 0.258 e. The van der Waals surface area contributed by atoms with Crippen LogP contribution in [0.25, 0.3) is 0 Å². The first-order chi connectivity index (χ1) is 14.0. The van der Waals surface area contributed by atoms with Gasteiger partial charge in [0.25, 0.3) is 5.91 Å². The Morgan fingerprint density at radius 3 is 2.21 bits per heavy atom. The van der Waals surface area contributed by atoms with Gasteiger partial charge in [-0.25, -0.2) is 0 Å². The zero-order chi connectivity index (χ0) is 20.6. The predicted octanol–water partition coefficient (Wildman–Crippen LogP) is 4.84. The molecule has 1 aliphatic rings. The third-order valence-electron chi connectivity index (χ3n) is 5.70. The Morgan fingerprint density at radius 2 is 1.59 bits per heavy atom. The lowest BCUT2D eigenvalue weighted by atomic mass is 10.0. The van der Waals surface area contributed by atoms with Gasteiger partial charge in [-0.1, -0.05) is 62.2 Å². The van der Waals surface area contributed by atoms with Crippen molar-refractivity contribution >= 4 is 5.91 Å². The first-order valence-corrected chi connectivity index (χ1v) is 10.8. The van der Waals surface area contributed by atoms with Crippen LogP contribution < -0.4 is 10.1 Å². The average Bonchev–Trinajstić information content (AvgIpc) is 2.74. The molecule has 0 aromatic heterocycles. The lowest BCUT2D eigenvalue weighted by Gasteiger charge is -2.35. The normalized spacial score (nSPS) is 15.9. The Bertz CT molecular complexity index is 762. The lowest BCUT2D eigenvalue weighted by molar-refractivity contribution is -0.123. The summed E-state index contributed by atoms with van der Waals surface area (Å²) in [7, 11) is 0. The van der Waals surface area contributed by atoms with Gasteiger partial charge in [-0.05, 0) is 62.0 Å². The van der Waals surface area contributed by atoms with Gasteiger partial charge in [0.1, 0.15) is 5.75 Å². The summed E-state index contributed by atoms with van der Waals surface area (Å²) in [4.78, 5) is 14.9. The van der Waals surface area contributed by atoms with Gasteiger partial charge in [0, 0.05) is 6.54 Å². The van der Waals surface area contributed by atoms with Crippen molar-refractivity contribution in [2.45, 2.75) is 52.0 Å². The molecule has 4 heteroatoms. The molecule has 0 radical (unpaired) electrons. The Balaban J connectivity index is 1.55. The highest BCUT2D eigenvalue weighted by Crippen LogP contribution is 2.24. The summed E-state index contributed by atoms with van der Waals surface area (Å²) in [6.07, 6.45) is 3.75. The number of piperidine rings is 1. The molecule has 1 amide bonds. The van der Waals surface area contributed by atoms with Crippen molar-refractivity contribution < 1.29 is 9.53 Å². The predicted molar refractivity (Wildman–Crippen MR) is 118 cm³/mol. The number of amides is 1. The Hall–Kier alpha value is -2.33. The number of hydrogen-bond donors (Lipinski definition) is 1. The van der Waals surface area contributed by atoms with E-state index in [9.17, 15) is 4.79 Å². The molecule has 29 heavy (non-hydrogen) atoms. The van der Waals surface area contributed by atoms with Crippen LogP contribution in [0.1, 0.15) is 61.8 Å². The fraction of sp³-hybridized carbons (Fsp3) is 0.480. The van der Waals surface area contributed by atoms with E-state index in [1.807, 2.05) is 12.1 Å². The number of nitrogens with one attached hydrogen (secondary N) is 1. The number of carbonyl (C=O) groups is 1. The molecule has 0 saturated carbocycles. The van der Waals surface area contributed by atoms with Gasteiger partial charge in [0.15, 0.2) is 6.61 Å². The molecule has 2 aromatic rings. The Kier molecular flexibility index (Phi) is 7.70. The molecular formula is C25H34N2O2. The fourth-order valence-electron chi connectivity index (χ4n) is 3.84. The van der Waals surface area contributed by atoms with Gasteiger partial charge in [-0.3, -0.25) is 9.69 Å². The van der Waals surface area contributed by atoms with Gasteiger partial charge in [-0.2, -0.15) is 0 Å². The zero-order valence-corrected chi connectivity index (χ0v) is 18.0. The van der Waals surface area contributed by atoms with Crippen LogP contribution in [-0.4, -0.2) is 37.0 Å². The standard InChI is InChI=1S/C25H34N2O2/c1-19(2)21-11-13-23(14-12-21)29-18-25(28)26-17-24(27-15-5-4-6-16-27)22-9-7-20(3)8-10-22/h7-14,19,24H,4-6,15-18H2,1-3H3,(H,26,28). The van der Waals surface area contributed by atoms with Crippen molar-refractivity contribution in [3.8, 4) is 5.75 Å². The first-order valence-electron chi connectivity index (χ1n) is 10.8. The smallest absolute Gasteiger partial charge is 0.258 e. The molecule has 0 bridgehead atoms. The van der Waals surface area contributed by atoms with Crippen LogP contribution in [0.15, 0.2) is 48.5 Å². The van der Waals surface area contributed by atoms with Gasteiger partial charge in [0.05, 0.1) is 6.04 Å². The van der Waals surface area contributed by atoms with E-state index in [2.05, 4.69) is 67.4 Å². The lowest BCUT2D eigenvalue weighted by Crippen LogP contribution is -2.41. The molecular weight excluding hydrogens is 360 g/mol. The van der Waals surface area contributed by atoms with E-state index < -0.39 is 0 Å². The Morgan fingerprint density at radius 1 is 0.966 bits per heavy atom. The fourth-order valence-corrected chi connectivity index (χ4v) is 3.84. The molecule has 3 rings (SSSR count). The third-order valence-corrected chi connectivity index (χ3v) is 5.70. The second kappa shape index (κ2) is 10.4. The van der Waals surface area contributed by atoms with E-state index in [-0.39, 0.29) is 18.6 Å². The van der Waals surface area contributed by atoms with E-state index in [0.717, 1.165) is 18.8 Å². The van der Waals surface area contributed by atoms with E-state index in [0.29, 0.717) is 12.5 Å². The molecule has 2 aromatic carbocycles. The molecule has 156 valence electrons. The van der Waals surface area contributed by atoms with E-state index >= 15 is 0 Å². The van der Waals surface area contributed by atoms with Crippen molar-refractivity contribution in [2.24, 2.45) is 0 Å². The van der Waals surface area contributed by atoms with E-state index in [1.165, 1.54) is 36.0 Å². The van der Waals surface area contributed by atoms with E-state index in [4.69, 9.17) is 4.74 Å². The van der Waals surface area contributed by atoms with Gasteiger partial charge >= 0.3 is 0 Å². The van der Waals surface area contributed by atoms with Gasteiger partial charge < -0.3 is 10.1 Å². The maximum absolute atomic E-state index is 12.4. The number of ether oxygens (including phenoxy) is 1. The van der Waals surface area contributed by atoms with Crippen LogP contribution in [0.2, 0.25) is 0 Å². The van der Waals surface area contributed by atoms with Crippen LogP contribution in [0.3, 0.4) is 0 Å². The van der Waals surface area contributed by atoms with Crippen molar-refractivity contribution in [3.05, 3.63) is 65.2 Å². The minimum absolute atomic E-state index is 0.0433. The molecule has 1 aliphatic heterocycles. The van der Waals surface area contributed by atoms with Gasteiger partial charge in [-0.15, -0.1) is 0 Å². The summed E-state index contributed by atoms with van der Waals surface area (Å²) in [6, 6.07) is 16.9. The minimum atomic E-state index is -0.0768. The summed E-state index contributed by atoms with van der Waals surface area (Å²) in [5.74, 6) is 1.14. The van der Waals surface area contributed by atoms with Crippen LogP contribution >= 0.6 is 0 Å². The second-order valence-corrected chi connectivity index (χ2v) is 8.34. The molecule has 1 fully saturated rings. The maximum atomic E-state index is 12.4. The largest absolute Gasteiger partial charge is 0.484 e. The highest BCUT2D eigenvalue weighted by atomic mass is 16.5. The quantitative estimate of drug-likeness (QED) is 0.696. The highest BCUT2D eigenvalue weighted by molar-refractivity contribution is 5.77. The molecule has 0 spiro atoms. The third kappa shape index (κ3) is 6.33. The highest BCUT2D eigenvalue weighted by Gasteiger charge is 2.22. The summed E-state index contributed by atoms with van der Waals surface area (Å²) >= 11 is 0. The zero-order valence-electron chi connectivity index (χ0n) is 18.0. The first kappa shape index (κ1) is 21.4. The summed E-state index contributed by atoms with van der Waals surface area (Å²) in [6.45, 7) is 9.26. The monoisotopic (exact) mass is 394 g/mol. The van der Waals surface area contributed by atoms with Crippen LogP contribution in [0.5, 0.6) is 5.75 Å². The van der Waals surface area contributed by atoms with Crippen molar-refractivity contribution in [1.82, 2.24) is 10.2 Å². The molecule has 0 aliphatic carbocycles. The molecule has 1 saturated heterocycles. The molecule has 1 N–H and O–H groups in total. The minimum Gasteiger partial charge on any atom is -0.484 e. The average molecular weight is 395 g/mol. The molecule has 4 nitrogen and oxygen atoms in total. The summed E-state index contributed by atoms with van der Waals surface area (Å²) in [5.41, 5.74) is 3.79. The van der Waals surface area contributed by atoms with Crippen molar-refractivity contribution in [3.63, 3.8) is 0 Å². The molecule has 1 atom stereocenters. The Labute approximate surface area is 175 Å². The van der Waals surface area contributed by atoms with Crippen molar-refractivity contribution in [1.29, 1.82) is 0 Å². The number of benzene rings is 2. The second-order valence-electron chi connectivity index (χ2n) is 8.34. The van der Waals surface area contributed by atoms with Crippen LogP contribution in [-0.2, 0) is 4.79 Å². The van der Waals surface area contributed by atoms with Crippen LogP contribution in [0.4, 0.5) is 0 Å². The summed E-state index contributed by atoms with van der Waals surface area (Å²) < 4.78 is 5.68. The number of aryl methyl sites for hydroxylation is 1.